The van der Waals surface area contributed by atoms with Gasteiger partial charge in [-0.3, -0.25) is 13.6 Å². The van der Waals surface area contributed by atoms with Gasteiger partial charge in [-0.1, -0.05) is 0 Å². The predicted octanol–water partition coefficient (Wildman–Crippen LogP) is -0.0916. The Labute approximate surface area is 108 Å². The lowest BCUT2D eigenvalue weighted by Gasteiger charge is -2.23. The van der Waals surface area contributed by atoms with Crippen LogP contribution in [0, 0.1) is 5.92 Å². The molecule has 0 aromatic carbocycles. The molecule has 0 bridgehead atoms. The van der Waals surface area contributed by atoms with E-state index >= 15 is 0 Å². The molecular weight excluding hydrogens is 282 g/mol. The van der Waals surface area contributed by atoms with Crippen molar-refractivity contribution >= 4 is 20.2 Å². The second kappa shape index (κ2) is 5.83. The third-order valence-electron chi connectivity index (χ3n) is 2.94. The highest BCUT2D eigenvalue weighted by Gasteiger charge is 2.34. The number of hydrogen-bond acceptors (Lipinski definition) is 6. The molecule has 1 saturated heterocycles. The maximum atomic E-state index is 11.1. The number of rotatable bonds is 6. The molecule has 0 aliphatic carbocycles. The summed E-state index contributed by atoms with van der Waals surface area (Å²) < 4.78 is 57.1. The minimum Gasteiger partial charge on any atom is -0.286 e. The molecule has 7 nitrogen and oxygen atoms in total. The van der Waals surface area contributed by atoms with Gasteiger partial charge in [0.1, 0.15) is 6.23 Å². The first kappa shape index (κ1) is 15.8. The van der Waals surface area contributed by atoms with Gasteiger partial charge < -0.3 is 0 Å². The highest BCUT2D eigenvalue weighted by molar-refractivity contribution is 7.86. The SMILES string of the molecule is CN1CCC(CCCS(=O)(=O)O)C1OS(C)(=O)=O. The maximum Gasteiger partial charge on any atom is 0.265 e. The third-order valence-corrected chi connectivity index (χ3v) is 4.29. The van der Waals surface area contributed by atoms with E-state index in [-0.39, 0.29) is 11.7 Å². The first-order chi connectivity index (χ1) is 8.08. The normalized spacial score (nSPS) is 26.6. The molecule has 0 spiro atoms. The average Bonchev–Trinajstić information content (AvgIpc) is 2.45. The van der Waals surface area contributed by atoms with Crippen molar-refractivity contribution in [2.24, 2.45) is 5.92 Å². The van der Waals surface area contributed by atoms with Crippen LogP contribution in [0.25, 0.3) is 0 Å². The van der Waals surface area contributed by atoms with Gasteiger partial charge in [-0.25, -0.2) is 0 Å². The number of hydrogen-bond donors (Lipinski definition) is 1. The molecule has 2 atom stereocenters. The summed E-state index contributed by atoms with van der Waals surface area (Å²) in [5.74, 6) is -0.342. The fourth-order valence-corrected chi connectivity index (χ4v) is 3.34. The van der Waals surface area contributed by atoms with Gasteiger partial charge in [0.25, 0.3) is 20.2 Å². The van der Waals surface area contributed by atoms with E-state index in [9.17, 15) is 16.8 Å². The number of nitrogens with zero attached hydrogens (tertiary/aromatic N) is 1. The van der Waals surface area contributed by atoms with E-state index in [1.807, 2.05) is 0 Å². The van der Waals surface area contributed by atoms with Gasteiger partial charge in [0.05, 0.1) is 12.0 Å². The Morgan fingerprint density at radius 1 is 1.33 bits per heavy atom. The van der Waals surface area contributed by atoms with Crippen LogP contribution in [0.3, 0.4) is 0 Å². The molecule has 1 rings (SSSR count). The van der Waals surface area contributed by atoms with Crippen molar-refractivity contribution in [3.05, 3.63) is 0 Å². The lowest BCUT2D eigenvalue weighted by Crippen LogP contribution is -2.34. The minimum atomic E-state index is -3.95. The van der Waals surface area contributed by atoms with Crippen LogP contribution in [0.1, 0.15) is 19.3 Å². The van der Waals surface area contributed by atoms with Crippen LogP contribution in [0.15, 0.2) is 0 Å². The van der Waals surface area contributed by atoms with Crippen molar-refractivity contribution in [1.82, 2.24) is 4.90 Å². The van der Waals surface area contributed by atoms with E-state index in [4.69, 9.17) is 8.74 Å². The van der Waals surface area contributed by atoms with E-state index in [0.717, 1.165) is 12.7 Å². The zero-order chi connectivity index (χ0) is 14.0. The molecule has 2 unspecified atom stereocenters. The Bertz CT molecular complexity index is 471. The van der Waals surface area contributed by atoms with Crippen LogP contribution in [-0.4, -0.2) is 58.1 Å². The molecule has 1 fully saturated rings. The van der Waals surface area contributed by atoms with Gasteiger partial charge in [0, 0.05) is 12.5 Å². The Hall–Kier alpha value is -0.220. The Morgan fingerprint density at radius 3 is 2.44 bits per heavy atom. The summed E-state index contributed by atoms with van der Waals surface area (Å²) >= 11 is 0. The maximum absolute atomic E-state index is 11.1. The first-order valence-corrected chi connectivity index (χ1v) is 9.05. The molecule has 108 valence electrons. The average molecular weight is 301 g/mol. The lowest BCUT2D eigenvalue weighted by molar-refractivity contribution is 0.0517. The summed E-state index contributed by atoms with van der Waals surface area (Å²) in [5.41, 5.74) is 0. The van der Waals surface area contributed by atoms with Gasteiger partial charge in [0.2, 0.25) is 0 Å². The molecule has 0 radical (unpaired) electrons. The first-order valence-electron chi connectivity index (χ1n) is 5.62. The van der Waals surface area contributed by atoms with Crippen molar-refractivity contribution in [3.8, 4) is 0 Å². The largest absolute Gasteiger partial charge is 0.286 e. The predicted molar refractivity (Wildman–Crippen MR) is 66.1 cm³/mol. The van der Waals surface area contributed by atoms with Crippen LogP contribution in [-0.2, 0) is 24.4 Å². The van der Waals surface area contributed by atoms with Gasteiger partial charge in [-0.05, 0) is 26.3 Å². The Balaban J connectivity index is 2.54. The summed E-state index contributed by atoms with van der Waals surface area (Å²) in [5, 5.41) is 0. The number of likely N-dealkylation sites (tertiary alicyclic amines) is 1. The van der Waals surface area contributed by atoms with Crippen LogP contribution >= 0.6 is 0 Å². The summed E-state index contributed by atoms with van der Waals surface area (Å²) in [7, 11) is -5.73. The molecule has 1 heterocycles. The molecule has 1 N–H and O–H groups in total. The fraction of sp³-hybridized carbons (Fsp3) is 1.00. The lowest BCUT2D eigenvalue weighted by atomic mass is 10.0. The van der Waals surface area contributed by atoms with E-state index < -0.39 is 26.5 Å². The molecule has 18 heavy (non-hydrogen) atoms. The summed E-state index contributed by atoms with van der Waals surface area (Å²) in [6.45, 7) is 0.705. The van der Waals surface area contributed by atoms with E-state index in [2.05, 4.69) is 0 Å². The molecule has 1 aliphatic heterocycles. The van der Waals surface area contributed by atoms with Gasteiger partial charge in [-0.15, -0.1) is 0 Å². The second-order valence-electron chi connectivity index (χ2n) is 4.65. The van der Waals surface area contributed by atoms with Crippen molar-refractivity contribution in [2.45, 2.75) is 25.5 Å². The van der Waals surface area contributed by atoms with Crippen molar-refractivity contribution < 1.29 is 25.6 Å². The van der Waals surface area contributed by atoms with Gasteiger partial charge >= 0.3 is 0 Å². The topological polar surface area (TPSA) is 101 Å². The van der Waals surface area contributed by atoms with E-state index in [0.29, 0.717) is 19.4 Å². The van der Waals surface area contributed by atoms with Crippen LogP contribution in [0.2, 0.25) is 0 Å². The highest BCUT2D eigenvalue weighted by atomic mass is 32.2. The summed E-state index contributed by atoms with van der Waals surface area (Å²) in [4.78, 5) is 1.79. The molecular formula is C9H19NO6S2. The summed E-state index contributed by atoms with van der Waals surface area (Å²) in [6, 6.07) is 0. The zero-order valence-corrected chi connectivity index (χ0v) is 12.1. The van der Waals surface area contributed by atoms with Gasteiger partial charge in [0.15, 0.2) is 0 Å². The molecule has 0 aromatic heterocycles. The summed E-state index contributed by atoms with van der Waals surface area (Å²) in [6.07, 6.45) is 2.00. The van der Waals surface area contributed by atoms with E-state index in [1.54, 1.807) is 11.9 Å². The fourth-order valence-electron chi connectivity index (χ4n) is 2.15. The van der Waals surface area contributed by atoms with Crippen LogP contribution in [0.5, 0.6) is 0 Å². The molecule has 1 aliphatic rings. The second-order valence-corrected chi connectivity index (χ2v) is 7.82. The monoisotopic (exact) mass is 301 g/mol. The van der Waals surface area contributed by atoms with Crippen LogP contribution in [0.4, 0.5) is 0 Å². The quantitative estimate of drug-likeness (QED) is 0.540. The van der Waals surface area contributed by atoms with Crippen LogP contribution < -0.4 is 0 Å². The molecule has 0 amide bonds. The molecule has 9 heteroatoms. The van der Waals surface area contributed by atoms with E-state index in [1.165, 1.54) is 0 Å². The smallest absolute Gasteiger partial charge is 0.265 e. The minimum absolute atomic E-state index is 0.0357. The Morgan fingerprint density at radius 2 is 1.94 bits per heavy atom. The third kappa shape index (κ3) is 5.61. The van der Waals surface area contributed by atoms with Crippen molar-refractivity contribution in [2.75, 3.05) is 25.6 Å². The standard InChI is InChI=1S/C9H19NO6S2/c1-10-6-5-8(4-3-7-18(13,14)15)9(10)16-17(2,11)12/h8-9H,3-7H2,1-2H3,(H,13,14,15). The molecule has 0 saturated carbocycles. The van der Waals surface area contributed by atoms with Crippen molar-refractivity contribution in [3.63, 3.8) is 0 Å². The zero-order valence-electron chi connectivity index (χ0n) is 10.4. The van der Waals surface area contributed by atoms with Crippen molar-refractivity contribution in [1.29, 1.82) is 0 Å². The highest BCUT2D eigenvalue weighted by Crippen LogP contribution is 2.28. The van der Waals surface area contributed by atoms with Gasteiger partial charge in [-0.2, -0.15) is 16.8 Å². The molecule has 0 aromatic rings. The Kier molecular flexibility index (Phi) is 5.13.